The molecule has 0 radical (unpaired) electrons. The monoisotopic (exact) mass is 694 g/mol. The van der Waals surface area contributed by atoms with E-state index in [-0.39, 0.29) is 0 Å². The number of urea groups is 1. The van der Waals surface area contributed by atoms with E-state index in [0.29, 0.717) is 56.3 Å². The van der Waals surface area contributed by atoms with Crippen molar-refractivity contribution in [2.75, 3.05) is 14.2 Å². The predicted octanol–water partition coefficient (Wildman–Crippen LogP) is 7.05. The van der Waals surface area contributed by atoms with E-state index in [9.17, 15) is 4.79 Å². The molecule has 0 heterocycles. The number of nitrogens with zero attached hydrogens (tertiary/aromatic N) is 2. The Balaban J connectivity index is 1.31. The fraction of sp³-hybridized carbons (Fsp3) is 0.129. The van der Waals surface area contributed by atoms with Crippen LogP contribution in [0.1, 0.15) is 22.3 Å². The van der Waals surface area contributed by atoms with Crippen molar-refractivity contribution in [3.8, 4) is 23.0 Å². The predicted molar refractivity (Wildman–Crippen MR) is 170 cm³/mol. The molecule has 0 bridgehead atoms. The fourth-order valence-electron chi connectivity index (χ4n) is 3.72. The molecule has 0 aliphatic carbocycles. The second-order valence-corrected chi connectivity index (χ2v) is 10.4. The van der Waals surface area contributed by atoms with E-state index in [1.807, 2.05) is 72.8 Å². The molecule has 0 saturated heterocycles. The summed E-state index contributed by atoms with van der Waals surface area (Å²) in [7, 11) is 3.11. The van der Waals surface area contributed by atoms with Gasteiger partial charge in [0, 0.05) is 0 Å². The smallest absolute Gasteiger partial charge is 0.355 e. The molecule has 0 spiro atoms. The van der Waals surface area contributed by atoms with E-state index in [0.717, 1.165) is 11.1 Å². The lowest BCUT2D eigenvalue weighted by Crippen LogP contribution is -2.28. The van der Waals surface area contributed by atoms with Gasteiger partial charge in [0.1, 0.15) is 13.2 Å². The van der Waals surface area contributed by atoms with Crippen molar-refractivity contribution in [2.24, 2.45) is 10.2 Å². The summed E-state index contributed by atoms with van der Waals surface area (Å²) < 4.78 is 24.3. The van der Waals surface area contributed by atoms with Crippen LogP contribution in [-0.4, -0.2) is 32.7 Å². The maximum absolute atomic E-state index is 12.2. The summed E-state index contributed by atoms with van der Waals surface area (Å²) in [4.78, 5) is 12.2. The van der Waals surface area contributed by atoms with Crippen molar-refractivity contribution >= 4 is 50.3 Å². The third kappa shape index (κ3) is 8.82. The van der Waals surface area contributed by atoms with Crippen LogP contribution in [0.5, 0.6) is 23.0 Å². The van der Waals surface area contributed by atoms with Crippen LogP contribution in [0.4, 0.5) is 4.79 Å². The Morgan fingerprint density at radius 1 is 0.690 bits per heavy atom. The molecule has 0 unspecified atom stereocenters. The van der Waals surface area contributed by atoms with E-state index in [2.05, 4.69) is 52.9 Å². The van der Waals surface area contributed by atoms with Gasteiger partial charge < -0.3 is 18.9 Å². The minimum Gasteiger partial charge on any atom is -0.493 e. The van der Waals surface area contributed by atoms with Gasteiger partial charge in [-0.25, -0.2) is 15.6 Å². The van der Waals surface area contributed by atoms with Gasteiger partial charge in [-0.2, -0.15) is 10.2 Å². The van der Waals surface area contributed by atoms with Gasteiger partial charge in [0.2, 0.25) is 0 Å². The molecule has 2 amide bonds. The number of ether oxygens (including phenoxy) is 4. The molecule has 4 aromatic rings. The average molecular weight is 696 g/mol. The molecule has 0 atom stereocenters. The second-order valence-electron chi connectivity index (χ2n) is 8.69. The zero-order chi connectivity index (χ0) is 29.7. The van der Waals surface area contributed by atoms with Gasteiger partial charge in [-0.3, -0.25) is 0 Å². The Morgan fingerprint density at radius 2 is 1.10 bits per heavy atom. The summed E-state index contributed by atoms with van der Waals surface area (Å²) in [5.41, 5.74) is 8.18. The van der Waals surface area contributed by atoms with Crippen LogP contribution in [-0.2, 0) is 13.2 Å². The molecule has 0 aliphatic rings. The number of halogens is 2. The third-order valence-electron chi connectivity index (χ3n) is 5.71. The molecular weight excluding hydrogens is 668 g/mol. The number of hydrazone groups is 2. The number of rotatable bonds is 12. The Kier molecular flexibility index (Phi) is 11.4. The van der Waals surface area contributed by atoms with Crippen LogP contribution >= 0.6 is 31.9 Å². The summed E-state index contributed by atoms with van der Waals surface area (Å²) in [5, 5.41) is 7.97. The molecule has 4 aromatic carbocycles. The normalized spacial score (nSPS) is 11.0. The number of carbonyl (C=O) groups excluding carboxylic acids is 1. The number of hydrogen-bond acceptors (Lipinski definition) is 7. The number of methoxy groups -OCH3 is 2. The lowest BCUT2D eigenvalue weighted by atomic mass is 10.2. The van der Waals surface area contributed by atoms with Gasteiger partial charge >= 0.3 is 6.03 Å². The standard InChI is InChI=1S/C31H28Br2N4O5/c1-39-27-15-23(13-25(32)29(27)41-19-21-9-5-3-6-10-21)17-34-36-31(38)37-35-18-24-14-26(33)30(28(16-24)40-2)42-20-22-11-7-4-8-12-22/h3-18H,19-20H2,1-2H3,(H2,36,37,38)/b34-17+,35-18?. The maximum atomic E-state index is 12.2. The zero-order valence-electron chi connectivity index (χ0n) is 22.8. The highest BCUT2D eigenvalue weighted by molar-refractivity contribution is 9.11. The number of benzene rings is 4. The maximum Gasteiger partial charge on any atom is 0.355 e. The van der Waals surface area contributed by atoms with Gasteiger partial charge in [-0.1, -0.05) is 60.7 Å². The number of amides is 2. The molecule has 42 heavy (non-hydrogen) atoms. The molecule has 11 heteroatoms. The third-order valence-corrected chi connectivity index (χ3v) is 6.89. The highest BCUT2D eigenvalue weighted by atomic mass is 79.9. The van der Waals surface area contributed by atoms with Gasteiger partial charge in [0.05, 0.1) is 35.6 Å². The molecule has 4 rings (SSSR count). The fourth-order valence-corrected chi connectivity index (χ4v) is 4.87. The van der Waals surface area contributed by atoms with Crippen molar-refractivity contribution in [2.45, 2.75) is 13.2 Å². The van der Waals surface area contributed by atoms with E-state index in [4.69, 9.17) is 18.9 Å². The Bertz CT molecular complexity index is 1440. The highest BCUT2D eigenvalue weighted by Crippen LogP contribution is 2.38. The molecule has 2 N–H and O–H groups in total. The van der Waals surface area contributed by atoms with Crippen LogP contribution < -0.4 is 29.8 Å². The Labute approximate surface area is 260 Å². The van der Waals surface area contributed by atoms with Crippen molar-refractivity contribution in [3.63, 3.8) is 0 Å². The van der Waals surface area contributed by atoms with Crippen molar-refractivity contribution < 1.29 is 23.7 Å². The first-order chi connectivity index (χ1) is 20.5. The molecule has 0 fully saturated rings. The zero-order valence-corrected chi connectivity index (χ0v) is 26.0. The van der Waals surface area contributed by atoms with Gasteiger partial charge in [0.25, 0.3) is 0 Å². The quantitative estimate of drug-likeness (QED) is 0.122. The first-order valence-corrected chi connectivity index (χ1v) is 14.3. The van der Waals surface area contributed by atoms with Gasteiger partial charge in [-0.15, -0.1) is 0 Å². The largest absolute Gasteiger partial charge is 0.493 e. The summed E-state index contributed by atoms with van der Waals surface area (Å²) in [5.74, 6) is 2.18. The summed E-state index contributed by atoms with van der Waals surface area (Å²) in [6, 6.07) is 26.2. The molecule has 216 valence electrons. The summed E-state index contributed by atoms with van der Waals surface area (Å²) in [6.07, 6.45) is 2.96. The van der Waals surface area contributed by atoms with Crippen molar-refractivity contribution in [3.05, 3.63) is 116 Å². The molecule has 9 nitrogen and oxygen atoms in total. The summed E-state index contributed by atoms with van der Waals surface area (Å²) >= 11 is 7.05. The lowest BCUT2D eigenvalue weighted by Gasteiger charge is -2.13. The highest BCUT2D eigenvalue weighted by Gasteiger charge is 2.13. The Hall–Kier alpha value is -4.35. The van der Waals surface area contributed by atoms with E-state index in [1.54, 1.807) is 26.4 Å². The van der Waals surface area contributed by atoms with Gasteiger partial charge in [-0.05, 0) is 78.4 Å². The minimum atomic E-state index is -0.620. The molecule has 0 aromatic heterocycles. The van der Waals surface area contributed by atoms with Crippen molar-refractivity contribution in [1.82, 2.24) is 10.9 Å². The topological polar surface area (TPSA) is 103 Å². The van der Waals surface area contributed by atoms with Crippen LogP contribution in [0.2, 0.25) is 0 Å². The minimum absolute atomic E-state index is 0.390. The van der Waals surface area contributed by atoms with E-state index in [1.165, 1.54) is 12.4 Å². The Morgan fingerprint density at radius 3 is 1.48 bits per heavy atom. The molecule has 0 aliphatic heterocycles. The van der Waals surface area contributed by atoms with E-state index < -0.39 is 6.03 Å². The van der Waals surface area contributed by atoms with E-state index >= 15 is 0 Å². The number of nitrogens with one attached hydrogen (secondary N) is 2. The molecule has 0 saturated carbocycles. The first kappa shape index (κ1) is 30.6. The van der Waals surface area contributed by atoms with Gasteiger partial charge in [0.15, 0.2) is 23.0 Å². The van der Waals surface area contributed by atoms with Crippen LogP contribution in [0, 0.1) is 0 Å². The van der Waals surface area contributed by atoms with Crippen LogP contribution in [0.25, 0.3) is 0 Å². The number of hydrogen-bond donors (Lipinski definition) is 2. The molecular formula is C31H28Br2N4O5. The lowest BCUT2D eigenvalue weighted by molar-refractivity contribution is 0.242. The van der Waals surface area contributed by atoms with Crippen LogP contribution in [0.15, 0.2) is 104 Å². The second kappa shape index (κ2) is 15.6. The average Bonchev–Trinajstić information content (AvgIpc) is 3.00. The summed E-state index contributed by atoms with van der Waals surface area (Å²) in [6.45, 7) is 0.781. The SMILES string of the molecule is COc1cc(C=NNC(=O)N/N=C/c2cc(Br)c(OCc3ccccc3)c(OC)c2)cc(Br)c1OCc1ccccc1. The first-order valence-electron chi connectivity index (χ1n) is 12.7. The number of carbonyl (C=O) groups is 1. The van der Waals surface area contributed by atoms with Crippen molar-refractivity contribution in [1.29, 1.82) is 0 Å². The van der Waals surface area contributed by atoms with Crippen LogP contribution in [0.3, 0.4) is 0 Å².